The zero-order valence-corrected chi connectivity index (χ0v) is 12.9. The Morgan fingerprint density at radius 1 is 1.23 bits per heavy atom. The van der Waals surface area contributed by atoms with Crippen LogP contribution in [0, 0.1) is 0 Å². The standard InChI is InChI=1S/C16H16ClNO4/c1-22-18-15(21)13(11-4-2-3-5-12(11)17)14(20)16(18)8-6-10(19)7-9-16/h2-5,20H,6-9H2,1H3. The molecule has 2 aliphatic rings. The van der Waals surface area contributed by atoms with E-state index in [1.54, 1.807) is 24.3 Å². The zero-order chi connectivity index (χ0) is 15.9. The molecule has 1 aliphatic carbocycles. The summed E-state index contributed by atoms with van der Waals surface area (Å²) in [4.78, 5) is 29.5. The van der Waals surface area contributed by atoms with Gasteiger partial charge in [0.25, 0.3) is 5.91 Å². The number of aliphatic hydroxyl groups excluding tert-OH is 1. The van der Waals surface area contributed by atoms with Gasteiger partial charge in [-0.15, -0.1) is 0 Å². The number of carbonyl (C=O) groups is 2. The van der Waals surface area contributed by atoms with E-state index >= 15 is 0 Å². The van der Waals surface area contributed by atoms with Crippen LogP contribution < -0.4 is 0 Å². The molecule has 0 aromatic heterocycles. The minimum Gasteiger partial charge on any atom is -0.509 e. The molecule has 3 rings (SSSR count). The Bertz CT molecular complexity index is 672. The van der Waals surface area contributed by atoms with Crippen LogP contribution in [0.5, 0.6) is 0 Å². The van der Waals surface area contributed by atoms with Crippen LogP contribution >= 0.6 is 11.6 Å². The number of hydroxylamine groups is 2. The smallest absolute Gasteiger partial charge is 0.282 e. The van der Waals surface area contributed by atoms with Gasteiger partial charge in [-0.1, -0.05) is 29.8 Å². The number of carbonyl (C=O) groups excluding carboxylic acids is 2. The van der Waals surface area contributed by atoms with Gasteiger partial charge in [-0.25, -0.2) is 5.06 Å². The molecular weight excluding hydrogens is 306 g/mol. The van der Waals surface area contributed by atoms with Crippen molar-refractivity contribution in [2.45, 2.75) is 31.2 Å². The Morgan fingerprint density at radius 2 is 1.86 bits per heavy atom. The molecule has 1 aliphatic heterocycles. The Labute approximate surface area is 133 Å². The maximum Gasteiger partial charge on any atom is 0.282 e. The number of aliphatic hydroxyl groups is 1. The average molecular weight is 322 g/mol. The first-order valence-electron chi connectivity index (χ1n) is 7.10. The van der Waals surface area contributed by atoms with Crippen LogP contribution in [0.2, 0.25) is 5.02 Å². The van der Waals surface area contributed by atoms with Gasteiger partial charge < -0.3 is 5.11 Å². The van der Waals surface area contributed by atoms with Gasteiger partial charge in [0, 0.05) is 23.4 Å². The van der Waals surface area contributed by atoms with Crippen molar-refractivity contribution in [2.75, 3.05) is 7.11 Å². The molecule has 0 atom stereocenters. The number of hydrogen-bond acceptors (Lipinski definition) is 4. The summed E-state index contributed by atoms with van der Waals surface area (Å²) in [6, 6.07) is 6.86. The van der Waals surface area contributed by atoms with Crippen LogP contribution in [0.1, 0.15) is 31.2 Å². The fraction of sp³-hybridized carbons (Fsp3) is 0.375. The van der Waals surface area contributed by atoms with Crippen molar-refractivity contribution < 1.29 is 19.5 Å². The minimum absolute atomic E-state index is 0.0556. The molecule has 1 saturated carbocycles. The molecule has 22 heavy (non-hydrogen) atoms. The molecule has 0 bridgehead atoms. The molecule has 0 unspecified atom stereocenters. The number of rotatable bonds is 2. The highest BCUT2D eigenvalue weighted by atomic mass is 35.5. The maximum absolute atomic E-state index is 12.7. The van der Waals surface area contributed by atoms with Gasteiger partial charge in [-0.3, -0.25) is 14.4 Å². The molecule has 1 heterocycles. The molecule has 1 fully saturated rings. The predicted molar refractivity (Wildman–Crippen MR) is 81.1 cm³/mol. The summed E-state index contributed by atoms with van der Waals surface area (Å²) in [5.41, 5.74) is -0.335. The normalized spacial score (nSPS) is 21.1. The lowest BCUT2D eigenvalue weighted by molar-refractivity contribution is -0.200. The molecule has 0 radical (unpaired) electrons. The largest absolute Gasteiger partial charge is 0.509 e. The monoisotopic (exact) mass is 321 g/mol. The van der Waals surface area contributed by atoms with Crippen molar-refractivity contribution in [3.8, 4) is 0 Å². The summed E-state index contributed by atoms with van der Waals surface area (Å²) in [5, 5.41) is 12.3. The molecule has 1 spiro atoms. The van der Waals surface area contributed by atoms with E-state index in [9.17, 15) is 14.7 Å². The van der Waals surface area contributed by atoms with Crippen molar-refractivity contribution in [1.82, 2.24) is 5.06 Å². The summed E-state index contributed by atoms with van der Waals surface area (Å²) in [7, 11) is 1.39. The molecule has 0 saturated heterocycles. The maximum atomic E-state index is 12.7. The van der Waals surface area contributed by atoms with E-state index in [0.717, 1.165) is 0 Å². The van der Waals surface area contributed by atoms with Gasteiger partial charge >= 0.3 is 0 Å². The van der Waals surface area contributed by atoms with E-state index in [0.29, 0.717) is 36.3 Å². The lowest BCUT2D eigenvalue weighted by Gasteiger charge is -2.38. The van der Waals surface area contributed by atoms with Crippen molar-refractivity contribution >= 4 is 28.9 Å². The van der Waals surface area contributed by atoms with Crippen molar-refractivity contribution in [3.63, 3.8) is 0 Å². The third kappa shape index (κ3) is 2.04. The molecule has 1 aromatic carbocycles. The van der Waals surface area contributed by atoms with E-state index in [4.69, 9.17) is 16.4 Å². The molecule has 1 aromatic rings. The molecule has 6 heteroatoms. The summed E-state index contributed by atoms with van der Waals surface area (Å²) in [6.07, 6.45) is 1.33. The predicted octanol–water partition coefficient (Wildman–Crippen LogP) is 2.89. The average Bonchev–Trinajstić information content (AvgIpc) is 2.71. The third-order valence-corrected chi connectivity index (χ3v) is 4.75. The second-order valence-electron chi connectivity index (χ2n) is 5.56. The van der Waals surface area contributed by atoms with E-state index in [2.05, 4.69) is 0 Å². The summed E-state index contributed by atoms with van der Waals surface area (Å²) >= 11 is 6.17. The molecular formula is C16H16ClNO4. The fourth-order valence-electron chi connectivity index (χ4n) is 3.27. The van der Waals surface area contributed by atoms with Gasteiger partial charge in [0.05, 0.1) is 12.7 Å². The second kappa shape index (κ2) is 5.41. The van der Waals surface area contributed by atoms with Crippen LogP contribution in [0.4, 0.5) is 0 Å². The Hall–Kier alpha value is -1.85. The number of amides is 1. The number of halogens is 1. The number of ketones is 1. The minimum atomic E-state index is -0.964. The highest BCUT2D eigenvalue weighted by Gasteiger charge is 2.54. The van der Waals surface area contributed by atoms with Gasteiger partial charge in [0.2, 0.25) is 0 Å². The topological polar surface area (TPSA) is 66.8 Å². The first-order chi connectivity index (χ1) is 10.5. The number of nitrogens with zero attached hydrogens (tertiary/aromatic N) is 1. The lowest BCUT2D eigenvalue weighted by Crippen LogP contribution is -2.50. The van der Waals surface area contributed by atoms with Crippen molar-refractivity contribution in [2.24, 2.45) is 0 Å². The van der Waals surface area contributed by atoms with Gasteiger partial charge in [0.15, 0.2) is 0 Å². The highest BCUT2D eigenvalue weighted by molar-refractivity contribution is 6.35. The van der Waals surface area contributed by atoms with Crippen molar-refractivity contribution in [3.05, 3.63) is 40.6 Å². The van der Waals surface area contributed by atoms with Gasteiger partial charge in [0.1, 0.15) is 17.1 Å². The highest BCUT2D eigenvalue weighted by Crippen LogP contribution is 2.47. The summed E-state index contributed by atoms with van der Waals surface area (Å²) in [5.74, 6) is -0.351. The second-order valence-corrected chi connectivity index (χ2v) is 5.96. The molecule has 1 amide bonds. The van der Waals surface area contributed by atoms with Crippen LogP contribution in [-0.4, -0.2) is 34.5 Å². The first kappa shape index (κ1) is 15.1. The SMILES string of the molecule is CON1C(=O)C(c2ccccc2Cl)=C(O)C12CCC(=O)CC2. The Balaban J connectivity index is 2.13. The van der Waals surface area contributed by atoms with E-state index < -0.39 is 11.4 Å². The number of benzene rings is 1. The van der Waals surface area contributed by atoms with Gasteiger partial charge in [-0.05, 0) is 18.9 Å². The quantitative estimate of drug-likeness (QED) is 0.909. The Kier molecular flexibility index (Phi) is 3.70. The van der Waals surface area contributed by atoms with E-state index in [1.165, 1.54) is 12.2 Å². The zero-order valence-electron chi connectivity index (χ0n) is 12.1. The van der Waals surface area contributed by atoms with Crippen molar-refractivity contribution in [1.29, 1.82) is 0 Å². The lowest BCUT2D eigenvalue weighted by atomic mass is 9.79. The fourth-order valence-corrected chi connectivity index (χ4v) is 3.50. The molecule has 5 nitrogen and oxygen atoms in total. The summed E-state index contributed by atoms with van der Waals surface area (Å²) < 4.78 is 0. The third-order valence-electron chi connectivity index (χ3n) is 4.43. The Morgan fingerprint density at radius 3 is 2.45 bits per heavy atom. The van der Waals surface area contributed by atoms with Gasteiger partial charge in [-0.2, -0.15) is 0 Å². The first-order valence-corrected chi connectivity index (χ1v) is 7.48. The summed E-state index contributed by atoms with van der Waals surface area (Å²) in [6.45, 7) is 0. The van der Waals surface area contributed by atoms with E-state index in [-0.39, 0.29) is 17.1 Å². The van der Waals surface area contributed by atoms with Crippen LogP contribution in [-0.2, 0) is 14.4 Å². The van der Waals surface area contributed by atoms with Crippen LogP contribution in [0.15, 0.2) is 30.0 Å². The van der Waals surface area contributed by atoms with E-state index in [1.807, 2.05) is 0 Å². The van der Waals surface area contributed by atoms with Crippen LogP contribution in [0.3, 0.4) is 0 Å². The number of Topliss-reactive ketones (excluding diaryl/α,β-unsaturated/α-hetero) is 1. The number of hydrogen-bond donors (Lipinski definition) is 1. The van der Waals surface area contributed by atoms with Crippen LogP contribution in [0.25, 0.3) is 5.57 Å². The molecule has 1 N–H and O–H groups in total. The molecule has 116 valence electrons.